The summed E-state index contributed by atoms with van der Waals surface area (Å²) in [5.74, 6) is -6.62. The van der Waals surface area contributed by atoms with Gasteiger partial charge in [-0.2, -0.15) is 16.8 Å². The summed E-state index contributed by atoms with van der Waals surface area (Å²) in [7, 11) is -10.4. The van der Waals surface area contributed by atoms with Crippen LogP contribution in [-0.4, -0.2) is 219 Å². The highest BCUT2D eigenvalue weighted by molar-refractivity contribution is 7.81. The highest BCUT2D eigenvalue weighted by Crippen LogP contribution is 2.34. The molecule has 0 aromatic heterocycles. The highest BCUT2D eigenvalue weighted by Gasteiger charge is 2.57. The first-order valence-corrected chi connectivity index (χ1v) is 19.7. The van der Waals surface area contributed by atoms with Crippen LogP contribution in [0.3, 0.4) is 0 Å². The summed E-state index contributed by atoms with van der Waals surface area (Å²) in [6.07, 6.45) is -34.7. The smallest absolute Gasteiger partial charge is 0.397 e. The Hall–Kier alpha value is -3.36. The molecule has 0 radical (unpaired) electrons. The lowest BCUT2D eigenvalue weighted by Gasteiger charge is -2.49. The number of hydrogen-bond donors (Lipinski definition) is 13. The molecule has 0 aliphatic carbocycles. The summed E-state index contributed by atoms with van der Waals surface area (Å²) in [5.41, 5.74) is 0. The summed E-state index contributed by atoms with van der Waals surface area (Å²) in [6.45, 7) is -0.659. The average molecular weight is 919 g/mol. The minimum atomic E-state index is -5.29. The number of carbonyl (C=O) groups excluding carboxylic acids is 2. The molecule has 3 saturated heterocycles. The molecule has 344 valence electrons. The first-order valence-electron chi connectivity index (χ1n) is 17.0. The summed E-state index contributed by atoms with van der Waals surface area (Å²) < 4.78 is 110. The van der Waals surface area contributed by atoms with Gasteiger partial charge in [0.05, 0.1) is 13.2 Å². The maximum Gasteiger partial charge on any atom is 0.397 e. The zero-order chi connectivity index (χ0) is 45.2. The van der Waals surface area contributed by atoms with Crippen LogP contribution in [0, 0.1) is 0 Å². The minimum Gasteiger partial charge on any atom is -0.479 e. The first-order chi connectivity index (χ1) is 27.7. The summed E-state index contributed by atoms with van der Waals surface area (Å²) in [5, 5.41) is 99.9. The van der Waals surface area contributed by atoms with Gasteiger partial charge in [-0.15, -0.1) is 0 Å². The number of aliphatic carboxylic acids is 2. The number of rotatable bonds is 16. The average Bonchev–Trinajstić information content (AvgIpc) is 3.12. The van der Waals surface area contributed by atoms with E-state index in [9.17, 15) is 82.0 Å². The third-order valence-corrected chi connectivity index (χ3v) is 9.80. The molecule has 4 aliphatic rings. The topological polar surface area (TPSA) is 466 Å². The van der Waals surface area contributed by atoms with E-state index in [1.54, 1.807) is 0 Å². The highest BCUT2D eigenvalue weighted by atomic mass is 32.3. The van der Waals surface area contributed by atoms with E-state index in [1.165, 1.54) is 0 Å². The molecule has 0 aromatic rings. The lowest BCUT2D eigenvalue weighted by molar-refractivity contribution is -0.363. The predicted molar refractivity (Wildman–Crippen MR) is 177 cm³/mol. The predicted octanol–water partition coefficient (Wildman–Crippen LogP) is -8.47. The SMILES string of the molecule is CC(=O)NC1C(O)OC(COS(=O)(=O)O)C(O)C1OC1OC(C(=O)O)C(OC2OC(COS(=O)(=O)O)C(O)C(OC3OC(C(=O)O)=CC(O)C3O)C2NC(C)=O)C(O)C1O. The van der Waals surface area contributed by atoms with Crippen LogP contribution < -0.4 is 10.6 Å². The normalized spacial score (nSPS) is 40.1. The van der Waals surface area contributed by atoms with Crippen molar-refractivity contribution >= 4 is 44.6 Å². The quantitative estimate of drug-likeness (QED) is 0.0639. The van der Waals surface area contributed by atoms with Crippen molar-refractivity contribution in [3.8, 4) is 0 Å². The van der Waals surface area contributed by atoms with E-state index in [-0.39, 0.29) is 0 Å². The molecule has 18 atom stereocenters. The standard InChI is InChI=1S/C28H42N2O28S2/c1-6(31)29-12-19(15(35)10(52-25(12)43)4-50-59(44,45)46)55-28-18(38)17(37)21(22(58-28)24(41)42)57-26-13(30-7(2)32)20(16(36)11(54-26)5-51-60(47,48)49)56-27-14(34)8(33)3-9(53-27)23(39)40/h3,8,10-22,25-28,33-38,43H,4-5H2,1-2H3,(H,29,31)(H,30,32)(H,39,40)(H,41,42)(H,44,45,46)(H,47,48,49). The first kappa shape index (κ1) is 49.3. The van der Waals surface area contributed by atoms with E-state index in [4.69, 9.17) is 42.3 Å². The van der Waals surface area contributed by atoms with Crippen LogP contribution in [0.1, 0.15) is 13.8 Å². The molecule has 0 spiro atoms. The van der Waals surface area contributed by atoms with Crippen LogP contribution >= 0.6 is 0 Å². The Morgan fingerprint density at radius 1 is 0.633 bits per heavy atom. The molecule has 4 rings (SSSR count). The molecule has 3 fully saturated rings. The molecule has 18 unspecified atom stereocenters. The largest absolute Gasteiger partial charge is 0.479 e. The van der Waals surface area contributed by atoms with Crippen LogP contribution in [0.25, 0.3) is 0 Å². The fourth-order valence-corrected chi connectivity index (χ4v) is 6.90. The van der Waals surface area contributed by atoms with Gasteiger partial charge in [-0.3, -0.25) is 18.7 Å². The third-order valence-electron chi connectivity index (χ3n) is 8.94. The monoisotopic (exact) mass is 918 g/mol. The van der Waals surface area contributed by atoms with E-state index in [1.807, 2.05) is 0 Å². The van der Waals surface area contributed by atoms with Gasteiger partial charge >= 0.3 is 32.7 Å². The van der Waals surface area contributed by atoms with Crippen molar-refractivity contribution in [2.24, 2.45) is 0 Å². The summed E-state index contributed by atoms with van der Waals surface area (Å²) in [6, 6.07) is -3.77. The molecule has 0 aromatic carbocycles. The summed E-state index contributed by atoms with van der Waals surface area (Å²) in [4.78, 5) is 48.5. The van der Waals surface area contributed by atoms with E-state index in [0.717, 1.165) is 13.8 Å². The molecule has 0 saturated carbocycles. The van der Waals surface area contributed by atoms with Crippen LogP contribution in [0.15, 0.2) is 11.8 Å². The van der Waals surface area contributed by atoms with Crippen molar-refractivity contribution in [1.82, 2.24) is 10.6 Å². The molecule has 2 amide bonds. The second-order valence-corrected chi connectivity index (χ2v) is 15.5. The number of hydrogen-bond acceptors (Lipinski definition) is 24. The fourth-order valence-electron chi connectivity index (χ4n) is 6.29. The van der Waals surface area contributed by atoms with Crippen molar-refractivity contribution < 1.29 is 133 Å². The van der Waals surface area contributed by atoms with Gasteiger partial charge in [0.1, 0.15) is 79.2 Å². The zero-order valence-corrected chi connectivity index (χ0v) is 32.2. The van der Waals surface area contributed by atoms with Gasteiger partial charge in [0.2, 0.25) is 23.9 Å². The van der Waals surface area contributed by atoms with E-state index in [2.05, 4.69) is 19.0 Å². The molecule has 13 N–H and O–H groups in total. The van der Waals surface area contributed by atoms with Gasteiger partial charge in [0, 0.05) is 13.8 Å². The van der Waals surface area contributed by atoms with Gasteiger partial charge < -0.3 is 89.8 Å². The van der Waals surface area contributed by atoms with Gasteiger partial charge in [-0.25, -0.2) is 18.0 Å². The van der Waals surface area contributed by atoms with Crippen LogP contribution in [0.4, 0.5) is 0 Å². The van der Waals surface area contributed by atoms with Crippen molar-refractivity contribution in [2.75, 3.05) is 13.2 Å². The second kappa shape index (κ2) is 19.8. The molecular formula is C28H42N2O28S2. The van der Waals surface area contributed by atoms with Crippen molar-refractivity contribution in [3.05, 3.63) is 11.8 Å². The Morgan fingerprint density at radius 2 is 1.12 bits per heavy atom. The van der Waals surface area contributed by atoms with Gasteiger partial charge in [0.25, 0.3) is 0 Å². The van der Waals surface area contributed by atoms with Gasteiger partial charge in [0.15, 0.2) is 25.0 Å². The van der Waals surface area contributed by atoms with Crippen molar-refractivity contribution in [1.29, 1.82) is 0 Å². The Labute approximate surface area is 336 Å². The molecular weight excluding hydrogens is 876 g/mol. The van der Waals surface area contributed by atoms with Crippen LogP contribution in [-0.2, 0) is 81.5 Å². The number of carboxylic acid groups (broad SMARTS) is 2. The molecule has 4 aliphatic heterocycles. The molecule has 30 nitrogen and oxygen atoms in total. The number of ether oxygens (including phenoxy) is 7. The lowest BCUT2D eigenvalue weighted by atomic mass is 9.94. The van der Waals surface area contributed by atoms with E-state index in [0.29, 0.717) is 6.08 Å². The summed E-state index contributed by atoms with van der Waals surface area (Å²) >= 11 is 0. The van der Waals surface area contributed by atoms with Crippen LogP contribution in [0.2, 0.25) is 0 Å². The molecule has 0 bridgehead atoms. The van der Waals surface area contributed by atoms with E-state index >= 15 is 0 Å². The Balaban J connectivity index is 1.67. The molecule has 32 heteroatoms. The second-order valence-electron chi connectivity index (χ2n) is 13.3. The van der Waals surface area contributed by atoms with Gasteiger partial charge in [-0.05, 0) is 6.08 Å². The maximum atomic E-state index is 12.6. The number of amides is 2. The van der Waals surface area contributed by atoms with E-state index < -0.39 is 174 Å². The molecule has 4 heterocycles. The number of carbonyl (C=O) groups is 4. The number of carboxylic acids is 2. The number of aliphatic hydroxyl groups excluding tert-OH is 7. The maximum absolute atomic E-state index is 12.6. The Kier molecular flexibility index (Phi) is 16.3. The van der Waals surface area contributed by atoms with Crippen LogP contribution in [0.5, 0.6) is 0 Å². The Morgan fingerprint density at radius 3 is 1.62 bits per heavy atom. The third kappa shape index (κ3) is 12.4. The number of nitrogens with one attached hydrogen (secondary N) is 2. The number of aliphatic hydroxyl groups is 7. The lowest BCUT2D eigenvalue weighted by Crippen LogP contribution is -2.70. The van der Waals surface area contributed by atoms with Crippen molar-refractivity contribution in [3.63, 3.8) is 0 Å². The van der Waals surface area contributed by atoms with Crippen molar-refractivity contribution in [2.45, 2.75) is 124 Å². The molecule has 60 heavy (non-hydrogen) atoms. The minimum absolute atomic E-state index is 0.577. The zero-order valence-electron chi connectivity index (χ0n) is 30.6. The van der Waals surface area contributed by atoms with Gasteiger partial charge in [-0.1, -0.05) is 0 Å². The fraction of sp³-hybridized carbons (Fsp3) is 0.786. The Bertz CT molecular complexity index is 1820.